The Morgan fingerprint density at radius 3 is 2.82 bits per heavy atom. The second-order valence-electron chi connectivity index (χ2n) is 5.32. The van der Waals surface area contributed by atoms with Gasteiger partial charge in [0.1, 0.15) is 0 Å². The predicted octanol–water partition coefficient (Wildman–Crippen LogP) is 3.13. The molecule has 2 heterocycles. The van der Waals surface area contributed by atoms with E-state index >= 15 is 0 Å². The number of thiophene rings is 1. The molecule has 0 aliphatic carbocycles. The molecule has 1 unspecified atom stereocenters. The highest BCUT2D eigenvalue weighted by Crippen LogP contribution is 2.32. The van der Waals surface area contributed by atoms with Crippen LogP contribution in [0.2, 0.25) is 0 Å². The molecule has 0 radical (unpaired) electrons. The van der Waals surface area contributed by atoms with Crippen LogP contribution in [-0.2, 0) is 17.6 Å². The lowest BCUT2D eigenvalue weighted by Gasteiger charge is -2.34. The van der Waals surface area contributed by atoms with Gasteiger partial charge in [-0.05, 0) is 41.0 Å². The second kappa shape index (κ2) is 5.93. The van der Waals surface area contributed by atoms with Gasteiger partial charge in [0.15, 0.2) is 6.04 Å². The van der Waals surface area contributed by atoms with Gasteiger partial charge in [0.2, 0.25) is 0 Å². The van der Waals surface area contributed by atoms with Crippen molar-refractivity contribution in [2.75, 3.05) is 6.54 Å². The van der Waals surface area contributed by atoms with E-state index in [-0.39, 0.29) is 5.91 Å². The zero-order valence-electron chi connectivity index (χ0n) is 12.3. The van der Waals surface area contributed by atoms with E-state index in [1.54, 1.807) is 0 Å². The van der Waals surface area contributed by atoms with Crippen LogP contribution in [0.1, 0.15) is 39.3 Å². The third-order valence-electron chi connectivity index (χ3n) is 4.10. The van der Waals surface area contributed by atoms with Gasteiger partial charge in [0.05, 0.1) is 4.88 Å². The summed E-state index contributed by atoms with van der Waals surface area (Å²) in [6.07, 6.45) is 1.46. The summed E-state index contributed by atoms with van der Waals surface area (Å²) in [5.74, 6) is -1.15. The summed E-state index contributed by atoms with van der Waals surface area (Å²) in [6, 6.07) is 8.52. The van der Waals surface area contributed by atoms with Crippen LogP contribution in [0.25, 0.3) is 0 Å². The first kappa shape index (κ1) is 14.8. The van der Waals surface area contributed by atoms with Gasteiger partial charge in [-0.3, -0.25) is 4.79 Å². The Bertz CT molecular complexity index is 722. The fraction of sp³-hybridized carbons (Fsp3) is 0.294. The number of hydrogen-bond donors (Lipinski definition) is 1. The third-order valence-corrected chi connectivity index (χ3v) is 5.04. The standard InChI is InChI=1S/C17H17NO3S/c1-2-11-8-10-22-15(11)16(19)18-9-7-12-5-3-4-6-13(12)14(18)17(20)21/h3-6,8,10,14H,2,7,9H2,1H3,(H,20,21). The first-order chi connectivity index (χ1) is 10.6. The predicted molar refractivity (Wildman–Crippen MR) is 85.3 cm³/mol. The lowest BCUT2D eigenvalue weighted by molar-refractivity contribution is -0.143. The number of nitrogens with zero attached hydrogens (tertiary/aromatic N) is 1. The molecule has 3 rings (SSSR count). The molecule has 0 saturated heterocycles. The maximum atomic E-state index is 12.8. The van der Waals surface area contributed by atoms with Crippen molar-refractivity contribution in [3.8, 4) is 0 Å². The number of carbonyl (C=O) groups excluding carboxylic acids is 1. The van der Waals surface area contributed by atoms with Crippen molar-refractivity contribution < 1.29 is 14.7 Å². The molecule has 1 N–H and O–H groups in total. The third kappa shape index (κ3) is 2.41. The summed E-state index contributed by atoms with van der Waals surface area (Å²) in [4.78, 5) is 26.8. The summed E-state index contributed by atoms with van der Waals surface area (Å²) in [5, 5.41) is 11.5. The number of amides is 1. The highest BCUT2D eigenvalue weighted by molar-refractivity contribution is 7.12. The number of rotatable bonds is 3. The highest BCUT2D eigenvalue weighted by Gasteiger charge is 2.36. The molecule has 1 atom stereocenters. The van der Waals surface area contributed by atoms with E-state index in [0.717, 1.165) is 23.1 Å². The average molecular weight is 315 g/mol. The van der Waals surface area contributed by atoms with Crippen molar-refractivity contribution in [1.82, 2.24) is 4.90 Å². The van der Waals surface area contributed by atoms with Gasteiger partial charge >= 0.3 is 5.97 Å². The Kier molecular flexibility index (Phi) is 3.98. The lowest BCUT2D eigenvalue weighted by Crippen LogP contribution is -2.43. The molecule has 0 fully saturated rings. The van der Waals surface area contributed by atoms with Gasteiger partial charge in [-0.1, -0.05) is 31.2 Å². The van der Waals surface area contributed by atoms with Gasteiger partial charge in [-0.25, -0.2) is 4.79 Å². The molecule has 22 heavy (non-hydrogen) atoms. The number of carboxylic acids is 1. The lowest BCUT2D eigenvalue weighted by atomic mass is 9.92. The van der Waals surface area contributed by atoms with E-state index in [4.69, 9.17) is 0 Å². The fourth-order valence-electron chi connectivity index (χ4n) is 2.98. The number of fused-ring (bicyclic) bond motifs is 1. The van der Waals surface area contributed by atoms with Crippen LogP contribution < -0.4 is 0 Å². The topological polar surface area (TPSA) is 57.6 Å². The van der Waals surface area contributed by atoms with Gasteiger partial charge in [0.25, 0.3) is 5.91 Å². The van der Waals surface area contributed by atoms with E-state index in [0.29, 0.717) is 17.8 Å². The summed E-state index contributed by atoms with van der Waals surface area (Å²) < 4.78 is 0. The van der Waals surface area contributed by atoms with Crippen molar-refractivity contribution in [3.05, 3.63) is 57.3 Å². The van der Waals surface area contributed by atoms with Crippen LogP contribution in [0.15, 0.2) is 35.7 Å². The Morgan fingerprint density at radius 1 is 1.32 bits per heavy atom. The molecule has 1 aliphatic heterocycles. The number of carbonyl (C=O) groups is 2. The second-order valence-corrected chi connectivity index (χ2v) is 6.23. The molecule has 114 valence electrons. The molecule has 0 saturated carbocycles. The van der Waals surface area contributed by atoms with Crippen LogP contribution in [0.4, 0.5) is 0 Å². The molecule has 1 aliphatic rings. The molecular formula is C17H17NO3S. The molecule has 5 heteroatoms. The van der Waals surface area contributed by atoms with Crippen LogP contribution >= 0.6 is 11.3 Å². The highest BCUT2D eigenvalue weighted by atomic mass is 32.1. The minimum Gasteiger partial charge on any atom is -0.479 e. The molecule has 4 nitrogen and oxygen atoms in total. The summed E-state index contributed by atoms with van der Waals surface area (Å²) in [7, 11) is 0. The summed E-state index contributed by atoms with van der Waals surface area (Å²) in [5.41, 5.74) is 2.73. The Morgan fingerprint density at radius 2 is 2.09 bits per heavy atom. The summed E-state index contributed by atoms with van der Waals surface area (Å²) >= 11 is 1.39. The SMILES string of the molecule is CCc1ccsc1C(=O)N1CCc2ccccc2C1C(=O)O. The van der Waals surface area contributed by atoms with Crippen LogP contribution in [0.5, 0.6) is 0 Å². The Balaban J connectivity index is 2.00. The number of benzene rings is 1. The zero-order valence-corrected chi connectivity index (χ0v) is 13.1. The van der Waals surface area contributed by atoms with Crippen molar-refractivity contribution in [2.45, 2.75) is 25.8 Å². The number of aryl methyl sites for hydroxylation is 1. The van der Waals surface area contributed by atoms with Crippen molar-refractivity contribution in [1.29, 1.82) is 0 Å². The number of hydrogen-bond acceptors (Lipinski definition) is 3. The maximum absolute atomic E-state index is 12.8. The first-order valence-electron chi connectivity index (χ1n) is 7.31. The van der Waals surface area contributed by atoms with E-state index in [9.17, 15) is 14.7 Å². The summed E-state index contributed by atoms with van der Waals surface area (Å²) in [6.45, 7) is 2.44. The average Bonchev–Trinajstić information content (AvgIpc) is 3.01. The van der Waals surface area contributed by atoms with Gasteiger partial charge in [-0.2, -0.15) is 0 Å². The van der Waals surface area contributed by atoms with Gasteiger partial charge in [0, 0.05) is 6.54 Å². The van der Waals surface area contributed by atoms with E-state index in [1.165, 1.54) is 16.2 Å². The zero-order chi connectivity index (χ0) is 15.7. The number of aliphatic carboxylic acids is 1. The molecular weight excluding hydrogens is 298 g/mol. The molecule has 0 bridgehead atoms. The molecule has 2 aromatic rings. The van der Waals surface area contributed by atoms with Crippen molar-refractivity contribution >= 4 is 23.2 Å². The Labute approximate surface area is 133 Å². The van der Waals surface area contributed by atoms with E-state index in [1.807, 2.05) is 42.6 Å². The van der Waals surface area contributed by atoms with Crippen molar-refractivity contribution in [3.63, 3.8) is 0 Å². The Hall–Kier alpha value is -2.14. The quantitative estimate of drug-likeness (QED) is 0.946. The fourth-order valence-corrected chi connectivity index (χ4v) is 3.93. The van der Waals surface area contributed by atoms with Crippen molar-refractivity contribution in [2.24, 2.45) is 0 Å². The first-order valence-corrected chi connectivity index (χ1v) is 8.19. The van der Waals surface area contributed by atoms with Crippen LogP contribution in [-0.4, -0.2) is 28.4 Å². The van der Waals surface area contributed by atoms with Gasteiger partial charge < -0.3 is 10.0 Å². The minimum absolute atomic E-state index is 0.172. The molecule has 1 amide bonds. The van der Waals surface area contributed by atoms with Gasteiger partial charge in [-0.15, -0.1) is 11.3 Å². The molecule has 0 spiro atoms. The number of carboxylic acid groups (broad SMARTS) is 1. The van der Waals surface area contributed by atoms with Crippen LogP contribution in [0.3, 0.4) is 0 Å². The van der Waals surface area contributed by atoms with E-state index in [2.05, 4.69) is 0 Å². The normalized spacial score (nSPS) is 17.1. The minimum atomic E-state index is -0.977. The maximum Gasteiger partial charge on any atom is 0.331 e. The molecule has 1 aromatic carbocycles. The molecule has 1 aromatic heterocycles. The smallest absolute Gasteiger partial charge is 0.331 e. The largest absolute Gasteiger partial charge is 0.479 e. The monoisotopic (exact) mass is 315 g/mol. The van der Waals surface area contributed by atoms with Crippen LogP contribution in [0, 0.1) is 0 Å². The van der Waals surface area contributed by atoms with E-state index < -0.39 is 12.0 Å².